The number of benzene rings is 1. The third-order valence-corrected chi connectivity index (χ3v) is 4.94. The molecule has 0 saturated carbocycles. The van der Waals surface area contributed by atoms with Gasteiger partial charge >= 0.3 is 5.69 Å². The zero-order chi connectivity index (χ0) is 20.3. The van der Waals surface area contributed by atoms with Gasteiger partial charge in [0, 0.05) is 37.1 Å². The van der Waals surface area contributed by atoms with Gasteiger partial charge in [-0.15, -0.1) is 0 Å². The summed E-state index contributed by atoms with van der Waals surface area (Å²) in [6.07, 6.45) is 4.25. The maximum Gasteiger partial charge on any atom is 0.330 e. The van der Waals surface area contributed by atoms with E-state index in [-0.39, 0.29) is 23.8 Å². The average Bonchev–Trinajstić information content (AvgIpc) is 3.08. The van der Waals surface area contributed by atoms with Crippen LogP contribution in [0.3, 0.4) is 0 Å². The molecule has 0 aliphatic heterocycles. The van der Waals surface area contributed by atoms with Crippen molar-refractivity contribution in [2.24, 2.45) is 0 Å². The maximum absolute atomic E-state index is 12.7. The Morgan fingerprint density at radius 3 is 2.75 bits per heavy atom. The molecular formula is C20H25N5O3. The highest BCUT2D eigenvalue weighted by atomic mass is 16.2. The minimum Gasteiger partial charge on any atom is -0.383 e. The predicted octanol–water partition coefficient (Wildman–Crippen LogP) is 2.00. The number of carbonyl (C=O) groups excluding carboxylic acids is 1. The highest BCUT2D eigenvalue weighted by Crippen LogP contribution is 2.21. The molecule has 0 aliphatic carbocycles. The van der Waals surface area contributed by atoms with Crippen LogP contribution in [0.15, 0.2) is 40.1 Å². The third kappa shape index (κ3) is 3.71. The zero-order valence-corrected chi connectivity index (χ0v) is 16.1. The molecule has 1 amide bonds. The molecule has 0 aliphatic rings. The Morgan fingerprint density at radius 1 is 1.25 bits per heavy atom. The summed E-state index contributed by atoms with van der Waals surface area (Å²) in [6.45, 7) is 2.39. The molecule has 8 nitrogen and oxygen atoms in total. The number of aryl methyl sites for hydroxylation is 1. The molecule has 2 aromatic heterocycles. The summed E-state index contributed by atoms with van der Waals surface area (Å²) < 4.78 is 1.31. The van der Waals surface area contributed by atoms with E-state index in [0.29, 0.717) is 13.0 Å². The SMILES string of the molecule is CCCCn1c(N)c(N(C)C(=O)CCc2c[nH]c3ccccc23)c(=O)[nH]c1=O. The summed E-state index contributed by atoms with van der Waals surface area (Å²) in [5, 5.41) is 1.07. The molecule has 0 saturated heterocycles. The van der Waals surface area contributed by atoms with Gasteiger partial charge in [-0.1, -0.05) is 31.5 Å². The monoisotopic (exact) mass is 383 g/mol. The number of rotatable bonds is 7. The van der Waals surface area contributed by atoms with Crippen molar-refractivity contribution in [2.45, 2.75) is 39.2 Å². The number of nitrogens with two attached hydrogens (primary N) is 1. The zero-order valence-electron chi connectivity index (χ0n) is 16.1. The van der Waals surface area contributed by atoms with E-state index in [0.717, 1.165) is 29.3 Å². The van der Waals surface area contributed by atoms with Crippen molar-refractivity contribution in [3.63, 3.8) is 0 Å². The first-order valence-electron chi connectivity index (χ1n) is 9.38. The lowest BCUT2D eigenvalue weighted by Gasteiger charge is -2.20. The molecule has 0 atom stereocenters. The van der Waals surface area contributed by atoms with E-state index >= 15 is 0 Å². The summed E-state index contributed by atoms with van der Waals surface area (Å²) in [4.78, 5) is 43.7. The van der Waals surface area contributed by atoms with Crippen molar-refractivity contribution >= 4 is 28.3 Å². The Morgan fingerprint density at radius 2 is 2.00 bits per heavy atom. The molecule has 148 valence electrons. The van der Waals surface area contributed by atoms with Gasteiger partial charge in [-0.25, -0.2) is 4.79 Å². The number of aromatic nitrogens is 3. The lowest BCUT2D eigenvalue weighted by atomic mass is 10.1. The van der Waals surface area contributed by atoms with Crippen molar-refractivity contribution in [1.29, 1.82) is 0 Å². The Kier molecular flexibility index (Phi) is 5.67. The van der Waals surface area contributed by atoms with Crippen LogP contribution in [0, 0.1) is 0 Å². The number of anilines is 2. The molecule has 2 heterocycles. The summed E-state index contributed by atoms with van der Waals surface area (Å²) in [6, 6.07) is 7.88. The number of nitrogens with one attached hydrogen (secondary N) is 2. The van der Waals surface area contributed by atoms with Gasteiger partial charge in [0.15, 0.2) is 5.69 Å². The average molecular weight is 383 g/mol. The van der Waals surface area contributed by atoms with Crippen molar-refractivity contribution in [1.82, 2.24) is 14.5 Å². The first-order chi connectivity index (χ1) is 13.4. The highest BCUT2D eigenvalue weighted by Gasteiger charge is 2.21. The Balaban J connectivity index is 1.81. The van der Waals surface area contributed by atoms with Crippen LogP contribution in [0.5, 0.6) is 0 Å². The highest BCUT2D eigenvalue weighted by molar-refractivity contribution is 5.95. The van der Waals surface area contributed by atoms with Crippen LogP contribution in [0.4, 0.5) is 11.5 Å². The van der Waals surface area contributed by atoms with E-state index in [1.54, 1.807) is 0 Å². The molecule has 8 heteroatoms. The number of unbranched alkanes of at least 4 members (excludes halogenated alkanes) is 1. The Hall–Kier alpha value is -3.29. The maximum atomic E-state index is 12.7. The number of hydrogen-bond acceptors (Lipinski definition) is 4. The number of carbonyl (C=O) groups is 1. The van der Waals surface area contributed by atoms with Crippen LogP contribution in [-0.2, 0) is 17.8 Å². The van der Waals surface area contributed by atoms with Crippen molar-refractivity contribution in [3.8, 4) is 0 Å². The number of fused-ring (bicyclic) bond motifs is 1. The summed E-state index contributed by atoms with van der Waals surface area (Å²) in [7, 11) is 1.51. The third-order valence-electron chi connectivity index (χ3n) is 4.94. The van der Waals surface area contributed by atoms with E-state index in [4.69, 9.17) is 5.73 Å². The first kappa shape index (κ1) is 19.5. The number of nitrogen functional groups attached to an aromatic ring is 1. The quantitative estimate of drug-likeness (QED) is 0.578. The predicted molar refractivity (Wildman–Crippen MR) is 111 cm³/mol. The first-order valence-corrected chi connectivity index (χ1v) is 9.38. The van der Waals surface area contributed by atoms with Gasteiger partial charge in [0.25, 0.3) is 5.56 Å². The van der Waals surface area contributed by atoms with E-state index < -0.39 is 11.2 Å². The number of para-hydroxylation sites is 1. The molecule has 4 N–H and O–H groups in total. The molecule has 0 fully saturated rings. The molecule has 0 spiro atoms. The fourth-order valence-corrected chi connectivity index (χ4v) is 3.31. The molecule has 3 aromatic rings. The van der Waals surface area contributed by atoms with Crippen LogP contribution in [0.2, 0.25) is 0 Å². The summed E-state index contributed by atoms with van der Waals surface area (Å²) in [5.74, 6) is -0.228. The van der Waals surface area contributed by atoms with Crippen LogP contribution < -0.4 is 21.9 Å². The lowest BCUT2D eigenvalue weighted by Crippen LogP contribution is -2.39. The standard InChI is InChI=1S/C20H25N5O3/c1-3-4-11-25-18(21)17(19(27)23-20(25)28)24(2)16(26)10-9-13-12-22-15-8-6-5-7-14(13)15/h5-8,12,22H,3-4,9-11,21H2,1-2H3,(H,23,27,28). The van der Waals surface area contributed by atoms with E-state index in [1.807, 2.05) is 37.4 Å². The Bertz CT molecular complexity index is 1110. The van der Waals surface area contributed by atoms with Crippen LogP contribution in [0.25, 0.3) is 10.9 Å². The fraction of sp³-hybridized carbons (Fsp3) is 0.350. The van der Waals surface area contributed by atoms with Crippen LogP contribution in [-0.4, -0.2) is 27.5 Å². The lowest BCUT2D eigenvalue weighted by molar-refractivity contribution is -0.118. The molecule has 1 aromatic carbocycles. The largest absolute Gasteiger partial charge is 0.383 e. The van der Waals surface area contributed by atoms with Crippen molar-refractivity contribution in [2.75, 3.05) is 17.7 Å². The van der Waals surface area contributed by atoms with E-state index in [9.17, 15) is 14.4 Å². The van der Waals surface area contributed by atoms with Crippen LogP contribution >= 0.6 is 0 Å². The summed E-state index contributed by atoms with van der Waals surface area (Å²) >= 11 is 0. The number of aromatic amines is 2. The topological polar surface area (TPSA) is 117 Å². The second-order valence-corrected chi connectivity index (χ2v) is 6.81. The summed E-state index contributed by atoms with van der Waals surface area (Å²) in [5.41, 5.74) is 6.93. The van der Waals surface area contributed by atoms with Gasteiger partial charge in [0.1, 0.15) is 5.82 Å². The van der Waals surface area contributed by atoms with E-state index in [2.05, 4.69) is 9.97 Å². The molecule has 3 rings (SSSR count). The smallest absolute Gasteiger partial charge is 0.330 e. The number of hydrogen-bond donors (Lipinski definition) is 3. The minimum absolute atomic E-state index is 0.0135. The Labute approximate surface area is 162 Å². The fourth-order valence-electron chi connectivity index (χ4n) is 3.31. The van der Waals surface area contributed by atoms with Gasteiger partial charge in [-0.2, -0.15) is 0 Å². The molecular weight excluding hydrogens is 358 g/mol. The second-order valence-electron chi connectivity index (χ2n) is 6.81. The van der Waals surface area contributed by atoms with E-state index in [1.165, 1.54) is 16.5 Å². The van der Waals surface area contributed by atoms with Crippen molar-refractivity contribution in [3.05, 3.63) is 56.9 Å². The van der Waals surface area contributed by atoms with Crippen LogP contribution in [0.1, 0.15) is 31.7 Å². The normalized spacial score (nSPS) is 11.1. The second kappa shape index (κ2) is 8.16. The van der Waals surface area contributed by atoms with Gasteiger partial charge in [-0.05, 0) is 24.5 Å². The van der Waals surface area contributed by atoms with Gasteiger partial charge in [-0.3, -0.25) is 19.1 Å². The number of amides is 1. The number of H-pyrrole nitrogens is 2. The molecule has 0 radical (unpaired) electrons. The number of nitrogens with zero attached hydrogens (tertiary/aromatic N) is 2. The van der Waals surface area contributed by atoms with Crippen molar-refractivity contribution < 1.29 is 4.79 Å². The molecule has 0 bridgehead atoms. The molecule has 0 unspecified atom stereocenters. The van der Waals surface area contributed by atoms with Gasteiger partial charge in [0.05, 0.1) is 0 Å². The minimum atomic E-state index is -0.654. The van der Waals surface area contributed by atoms with Gasteiger partial charge in [0.2, 0.25) is 5.91 Å². The molecule has 28 heavy (non-hydrogen) atoms. The van der Waals surface area contributed by atoms with Gasteiger partial charge < -0.3 is 15.6 Å².